The van der Waals surface area contributed by atoms with Crippen molar-refractivity contribution >= 4 is 28.1 Å². The molecule has 8 heteroatoms. The second-order valence-corrected chi connectivity index (χ2v) is 4.10. The number of hydrogen-bond donors (Lipinski definition) is 1. The number of anilines is 1. The molecule has 0 saturated heterocycles. The van der Waals surface area contributed by atoms with Crippen molar-refractivity contribution in [2.45, 2.75) is 0 Å². The van der Waals surface area contributed by atoms with Crippen LogP contribution in [0.3, 0.4) is 0 Å². The maximum atomic E-state index is 13.0. The number of thiazole rings is 1. The van der Waals surface area contributed by atoms with Crippen LogP contribution in [0.4, 0.5) is 15.2 Å². The fraction of sp³-hybridized carbons (Fsp3) is 0. The Labute approximate surface area is 104 Å². The first-order valence-corrected chi connectivity index (χ1v) is 5.60. The predicted octanol–water partition coefficient (Wildman–Crippen LogP) is 2.44. The number of aromatic nitrogens is 1. The number of nitrogens with one attached hydrogen (secondary N) is 1. The van der Waals surface area contributed by atoms with E-state index >= 15 is 0 Å². The van der Waals surface area contributed by atoms with Gasteiger partial charge < -0.3 is 0 Å². The molecule has 0 fully saturated rings. The average molecular weight is 267 g/mol. The normalized spacial score (nSPS) is 10.1. The van der Waals surface area contributed by atoms with E-state index in [-0.39, 0.29) is 5.56 Å². The lowest BCUT2D eigenvalue weighted by Gasteiger charge is -2.02. The zero-order valence-corrected chi connectivity index (χ0v) is 9.61. The zero-order valence-electron chi connectivity index (χ0n) is 8.79. The van der Waals surface area contributed by atoms with Gasteiger partial charge in [-0.05, 0) is 12.1 Å². The van der Waals surface area contributed by atoms with Crippen molar-refractivity contribution in [1.29, 1.82) is 0 Å². The van der Waals surface area contributed by atoms with Crippen LogP contribution < -0.4 is 5.32 Å². The van der Waals surface area contributed by atoms with Gasteiger partial charge in [0.15, 0.2) is 5.13 Å². The van der Waals surface area contributed by atoms with Crippen LogP contribution in [0.2, 0.25) is 0 Å². The highest BCUT2D eigenvalue weighted by atomic mass is 32.1. The molecule has 6 nitrogen and oxygen atoms in total. The van der Waals surface area contributed by atoms with Gasteiger partial charge in [-0.3, -0.25) is 20.2 Å². The monoisotopic (exact) mass is 267 g/mol. The number of rotatable bonds is 3. The van der Waals surface area contributed by atoms with E-state index in [4.69, 9.17) is 0 Å². The molecule has 1 aromatic heterocycles. The van der Waals surface area contributed by atoms with Gasteiger partial charge in [-0.15, -0.1) is 11.3 Å². The lowest BCUT2D eigenvalue weighted by atomic mass is 10.1. The molecule has 0 aliphatic rings. The average Bonchev–Trinajstić information content (AvgIpc) is 2.81. The second-order valence-electron chi connectivity index (χ2n) is 3.21. The second kappa shape index (κ2) is 4.88. The minimum atomic E-state index is -0.767. The number of carbonyl (C=O) groups is 1. The summed E-state index contributed by atoms with van der Waals surface area (Å²) < 4.78 is 13.0. The first-order chi connectivity index (χ1) is 8.58. The Bertz CT molecular complexity index is 600. The SMILES string of the molecule is O=C(Nc1nccs1)c1cc(F)ccc1[N+](=O)[O-]. The Morgan fingerprint density at radius 2 is 2.28 bits per heavy atom. The van der Waals surface area contributed by atoms with E-state index in [1.807, 2.05) is 0 Å². The number of nitrogens with zero attached hydrogens (tertiary/aromatic N) is 2. The minimum Gasteiger partial charge on any atom is -0.298 e. The third kappa shape index (κ3) is 2.48. The van der Waals surface area contributed by atoms with Gasteiger partial charge in [0.05, 0.1) is 4.92 Å². The van der Waals surface area contributed by atoms with Gasteiger partial charge in [-0.25, -0.2) is 9.37 Å². The van der Waals surface area contributed by atoms with Crippen molar-refractivity contribution in [3.63, 3.8) is 0 Å². The Balaban J connectivity index is 2.34. The fourth-order valence-electron chi connectivity index (χ4n) is 1.30. The quantitative estimate of drug-likeness (QED) is 0.683. The molecule has 1 heterocycles. The van der Waals surface area contributed by atoms with Gasteiger partial charge in [-0.1, -0.05) is 0 Å². The van der Waals surface area contributed by atoms with Gasteiger partial charge in [0.2, 0.25) is 0 Å². The van der Waals surface area contributed by atoms with E-state index in [0.717, 1.165) is 29.5 Å². The smallest absolute Gasteiger partial charge is 0.282 e. The van der Waals surface area contributed by atoms with Crippen LogP contribution in [0.25, 0.3) is 0 Å². The zero-order chi connectivity index (χ0) is 13.1. The van der Waals surface area contributed by atoms with Crippen molar-refractivity contribution in [2.24, 2.45) is 0 Å². The first-order valence-electron chi connectivity index (χ1n) is 4.72. The summed E-state index contributed by atoms with van der Waals surface area (Å²) in [6.07, 6.45) is 1.47. The number of benzene rings is 1. The van der Waals surface area contributed by atoms with Crippen molar-refractivity contribution < 1.29 is 14.1 Å². The lowest BCUT2D eigenvalue weighted by molar-refractivity contribution is -0.385. The molecular formula is C10H6FN3O3S. The van der Waals surface area contributed by atoms with Gasteiger partial charge >= 0.3 is 0 Å². The van der Waals surface area contributed by atoms with E-state index in [0.29, 0.717) is 5.13 Å². The summed E-state index contributed by atoms with van der Waals surface area (Å²) in [6, 6.07) is 2.70. The van der Waals surface area contributed by atoms with E-state index in [1.165, 1.54) is 6.20 Å². The minimum absolute atomic E-state index is 0.290. The number of nitro benzene ring substituents is 1. The first kappa shape index (κ1) is 12.1. The van der Waals surface area contributed by atoms with Gasteiger partial charge in [0, 0.05) is 17.6 Å². The molecule has 0 saturated carbocycles. The number of halogens is 1. The van der Waals surface area contributed by atoms with Crippen molar-refractivity contribution in [3.8, 4) is 0 Å². The van der Waals surface area contributed by atoms with Gasteiger partial charge in [0.25, 0.3) is 11.6 Å². The molecule has 92 valence electrons. The summed E-state index contributed by atoms with van der Waals surface area (Å²) in [5.74, 6) is -1.49. The molecule has 0 unspecified atom stereocenters. The third-order valence-corrected chi connectivity index (χ3v) is 2.74. The molecule has 0 spiro atoms. The summed E-state index contributed by atoms with van der Waals surface area (Å²) >= 11 is 1.16. The maximum Gasteiger partial charge on any atom is 0.282 e. The van der Waals surface area contributed by atoms with Crippen molar-refractivity contribution in [1.82, 2.24) is 4.98 Å². The van der Waals surface area contributed by atoms with Gasteiger partial charge in [0.1, 0.15) is 11.4 Å². The summed E-state index contributed by atoms with van der Waals surface area (Å²) in [6.45, 7) is 0. The van der Waals surface area contributed by atoms with Crippen LogP contribution in [0.15, 0.2) is 29.8 Å². The van der Waals surface area contributed by atoms with E-state index < -0.39 is 22.3 Å². The predicted molar refractivity (Wildman–Crippen MR) is 63.1 cm³/mol. The van der Waals surface area contributed by atoms with Crippen molar-refractivity contribution in [3.05, 3.63) is 51.3 Å². The Morgan fingerprint density at radius 3 is 2.89 bits per heavy atom. The standard InChI is InChI=1S/C10H6FN3O3S/c11-6-1-2-8(14(16)17)7(5-6)9(15)13-10-12-3-4-18-10/h1-5H,(H,12,13,15). The van der Waals surface area contributed by atoms with Crippen LogP contribution in [0, 0.1) is 15.9 Å². The summed E-state index contributed by atoms with van der Waals surface area (Å²) in [5, 5.41) is 15.0. The molecule has 18 heavy (non-hydrogen) atoms. The third-order valence-electron chi connectivity index (χ3n) is 2.05. The summed E-state index contributed by atoms with van der Waals surface area (Å²) in [4.78, 5) is 25.6. The molecule has 0 radical (unpaired) electrons. The molecule has 0 atom stereocenters. The molecule has 2 rings (SSSR count). The molecule has 1 N–H and O–H groups in total. The summed E-state index contributed by atoms with van der Waals surface area (Å²) in [7, 11) is 0. The topological polar surface area (TPSA) is 85.1 Å². The highest BCUT2D eigenvalue weighted by Crippen LogP contribution is 2.21. The largest absolute Gasteiger partial charge is 0.298 e. The van der Waals surface area contributed by atoms with Crippen LogP contribution in [0.5, 0.6) is 0 Å². The molecule has 0 bridgehead atoms. The number of hydrogen-bond acceptors (Lipinski definition) is 5. The Hall–Kier alpha value is -2.35. The summed E-state index contributed by atoms with van der Waals surface area (Å²) in [5.41, 5.74) is -0.791. The van der Waals surface area contributed by atoms with E-state index in [1.54, 1.807) is 5.38 Å². The van der Waals surface area contributed by atoms with Crippen molar-refractivity contribution in [2.75, 3.05) is 5.32 Å². The van der Waals surface area contributed by atoms with Gasteiger partial charge in [-0.2, -0.15) is 0 Å². The molecule has 2 aromatic rings. The number of amides is 1. The van der Waals surface area contributed by atoms with Crippen LogP contribution >= 0.6 is 11.3 Å². The highest BCUT2D eigenvalue weighted by molar-refractivity contribution is 7.13. The number of nitro groups is 1. The van der Waals surface area contributed by atoms with E-state index in [2.05, 4.69) is 10.3 Å². The van der Waals surface area contributed by atoms with Crippen LogP contribution in [-0.2, 0) is 0 Å². The molecule has 1 amide bonds. The molecular weight excluding hydrogens is 261 g/mol. The van der Waals surface area contributed by atoms with E-state index in [9.17, 15) is 19.3 Å². The molecule has 0 aliphatic heterocycles. The van der Waals surface area contributed by atoms with Crippen LogP contribution in [-0.4, -0.2) is 15.8 Å². The van der Waals surface area contributed by atoms with Crippen LogP contribution in [0.1, 0.15) is 10.4 Å². The maximum absolute atomic E-state index is 13.0. The lowest BCUT2D eigenvalue weighted by Crippen LogP contribution is -2.14. The fourth-order valence-corrected chi connectivity index (χ4v) is 1.82. The molecule has 1 aromatic carbocycles. The highest BCUT2D eigenvalue weighted by Gasteiger charge is 2.21. The molecule has 0 aliphatic carbocycles. The Kier molecular flexibility index (Phi) is 3.28. The number of carbonyl (C=O) groups excluding carboxylic acids is 1. The Morgan fingerprint density at radius 1 is 1.50 bits per heavy atom.